The molecule has 0 spiro atoms. The Morgan fingerprint density at radius 2 is 2.33 bits per heavy atom. The van der Waals surface area contributed by atoms with Crippen molar-refractivity contribution in [1.29, 1.82) is 5.26 Å². The van der Waals surface area contributed by atoms with Crippen molar-refractivity contribution in [2.45, 2.75) is 6.92 Å². The summed E-state index contributed by atoms with van der Waals surface area (Å²) >= 11 is 5.83. The number of halogens is 1. The van der Waals surface area contributed by atoms with E-state index in [9.17, 15) is 0 Å². The lowest BCUT2D eigenvalue weighted by Crippen LogP contribution is -1.93. The van der Waals surface area contributed by atoms with Crippen molar-refractivity contribution in [2.75, 3.05) is 6.61 Å². The third-order valence-corrected chi connectivity index (χ3v) is 1.85. The molecule has 0 unspecified atom stereocenters. The van der Waals surface area contributed by atoms with Crippen LogP contribution in [0.1, 0.15) is 5.56 Å². The van der Waals surface area contributed by atoms with Gasteiger partial charge in [0.1, 0.15) is 11.8 Å². The zero-order valence-corrected chi connectivity index (χ0v) is 7.43. The first-order valence-corrected chi connectivity index (χ1v) is 3.87. The van der Waals surface area contributed by atoms with Crippen molar-refractivity contribution < 1.29 is 4.74 Å². The van der Waals surface area contributed by atoms with E-state index in [1.165, 1.54) is 0 Å². The fourth-order valence-electron chi connectivity index (χ4n) is 0.779. The highest BCUT2D eigenvalue weighted by molar-refractivity contribution is 6.31. The van der Waals surface area contributed by atoms with Gasteiger partial charge in [-0.15, -0.1) is 0 Å². The smallest absolute Gasteiger partial charge is 0.174 e. The molecule has 0 atom stereocenters. The van der Waals surface area contributed by atoms with Crippen LogP contribution in [0, 0.1) is 18.3 Å². The van der Waals surface area contributed by atoms with E-state index >= 15 is 0 Å². The molecule has 1 aromatic rings. The molecule has 0 saturated carbocycles. The van der Waals surface area contributed by atoms with E-state index in [1.54, 1.807) is 12.1 Å². The predicted octanol–water partition coefficient (Wildman–Crippen LogP) is 2.55. The molecule has 1 aromatic carbocycles. The molecule has 0 bridgehead atoms. The van der Waals surface area contributed by atoms with Gasteiger partial charge in [0.2, 0.25) is 0 Å². The maximum atomic E-state index is 8.24. The second-order valence-corrected chi connectivity index (χ2v) is 2.76. The number of benzene rings is 1. The summed E-state index contributed by atoms with van der Waals surface area (Å²) in [5.74, 6) is 0.632. The molecule has 0 aliphatic heterocycles. The van der Waals surface area contributed by atoms with Crippen LogP contribution in [0.15, 0.2) is 18.2 Å². The normalized spacial score (nSPS) is 9.08. The molecule has 0 aliphatic carbocycles. The van der Waals surface area contributed by atoms with E-state index in [4.69, 9.17) is 21.6 Å². The Morgan fingerprint density at radius 3 is 2.92 bits per heavy atom. The van der Waals surface area contributed by atoms with Gasteiger partial charge in [-0.3, -0.25) is 0 Å². The van der Waals surface area contributed by atoms with E-state index < -0.39 is 0 Å². The van der Waals surface area contributed by atoms with E-state index in [-0.39, 0.29) is 6.61 Å². The number of nitriles is 1. The molecule has 0 saturated heterocycles. The first-order valence-electron chi connectivity index (χ1n) is 3.50. The number of hydrogen-bond donors (Lipinski definition) is 0. The van der Waals surface area contributed by atoms with Crippen LogP contribution in [0.4, 0.5) is 0 Å². The van der Waals surface area contributed by atoms with Gasteiger partial charge in [-0.25, -0.2) is 0 Å². The SMILES string of the molecule is Cc1ccc(OCC#N)cc1Cl. The highest BCUT2D eigenvalue weighted by atomic mass is 35.5. The largest absolute Gasteiger partial charge is 0.479 e. The Bertz CT molecular complexity index is 317. The summed E-state index contributed by atoms with van der Waals surface area (Å²) < 4.78 is 5.05. The molecule has 0 heterocycles. The summed E-state index contributed by atoms with van der Waals surface area (Å²) in [6.07, 6.45) is 0. The molecule has 62 valence electrons. The number of ether oxygens (including phenoxy) is 1. The van der Waals surface area contributed by atoms with Gasteiger partial charge in [-0.2, -0.15) is 5.26 Å². The van der Waals surface area contributed by atoms with Gasteiger partial charge in [0.15, 0.2) is 6.61 Å². The monoisotopic (exact) mass is 181 g/mol. The van der Waals surface area contributed by atoms with Crippen LogP contribution in [-0.4, -0.2) is 6.61 Å². The summed E-state index contributed by atoms with van der Waals surface area (Å²) in [5, 5.41) is 8.90. The van der Waals surface area contributed by atoms with Gasteiger partial charge in [-0.1, -0.05) is 17.7 Å². The maximum absolute atomic E-state index is 8.24. The highest BCUT2D eigenvalue weighted by Gasteiger charge is 1.97. The van der Waals surface area contributed by atoms with Gasteiger partial charge in [-0.05, 0) is 24.6 Å². The minimum absolute atomic E-state index is 0.0550. The van der Waals surface area contributed by atoms with Gasteiger partial charge >= 0.3 is 0 Å². The van der Waals surface area contributed by atoms with Crippen LogP contribution in [-0.2, 0) is 0 Å². The Kier molecular flexibility index (Phi) is 2.95. The topological polar surface area (TPSA) is 33.0 Å². The fourth-order valence-corrected chi connectivity index (χ4v) is 0.950. The van der Waals surface area contributed by atoms with Gasteiger partial charge in [0, 0.05) is 5.02 Å². The Morgan fingerprint density at radius 1 is 1.58 bits per heavy atom. The lowest BCUT2D eigenvalue weighted by molar-refractivity contribution is 0.368. The minimum Gasteiger partial charge on any atom is -0.479 e. The third-order valence-electron chi connectivity index (χ3n) is 1.45. The maximum Gasteiger partial charge on any atom is 0.174 e. The van der Waals surface area contributed by atoms with Gasteiger partial charge < -0.3 is 4.74 Å². The average molecular weight is 182 g/mol. The summed E-state index contributed by atoms with van der Waals surface area (Å²) in [7, 11) is 0. The number of aryl methyl sites for hydroxylation is 1. The number of hydrogen-bond acceptors (Lipinski definition) is 2. The zero-order valence-electron chi connectivity index (χ0n) is 6.67. The first kappa shape index (κ1) is 8.89. The molecule has 0 fully saturated rings. The van der Waals surface area contributed by atoms with E-state index in [1.807, 2.05) is 19.1 Å². The molecule has 2 nitrogen and oxygen atoms in total. The van der Waals surface area contributed by atoms with Crippen LogP contribution in [0.5, 0.6) is 5.75 Å². The first-order chi connectivity index (χ1) is 5.74. The van der Waals surface area contributed by atoms with Crippen molar-refractivity contribution in [3.05, 3.63) is 28.8 Å². The second kappa shape index (κ2) is 3.99. The van der Waals surface area contributed by atoms with E-state index in [2.05, 4.69) is 0 Å². The number of nitrogens with zero attached hydrogens (tertiary/aromatic N) is 1. The molecule has 12 heavy (non-hydrogen) atoms. The molecule has 0 aromatic heterocycles. The molecule has 0 amide bonds. The predicted molar refractivity (Wildman–Crippen MR) is 47.3 cm³/mol. The van der Waals surface area contributed by atoms with Crippen LogP contribution in [0.2, 0.25) is 5.02 Å². The van der Waals surface area contributed by atoms with Crippen molar-refractivity contribution >= 4 is 11.6 Å². The fraction of sp³-hybridized carbons (Fsp3) is 0.222. The Labute approximate surface area is 76.3 Å². The van der Waals surface area contributed by atoms with Crippen molar-refractivity contribution in [1.82, 2.24) is 0 Å². The Hall–Kier alpha value is -1.20. The molecule has 3 heteroatoms. The van der Waals surface area contributed by atoms with E-state index in [0.717, 1.165) is 5.56 Å². The number of rotatable bonds is 2. The third kappa shape index (κ3) is 2.14. The Balaban J connectivity index is 2.77. The molecule has 1 rings (SSSR count). The summed E-state index contributed by atoms with van der Waals surface area (Å²) in [6, 6.07) is 7.23. The molecule has 0 aliphatic rings. The van der Waals surface area contributed by atoms with Crippen molar-refractivity contribution in [3.8, 4) is 11.8 Å². The average Bonchev–Trinajstić information content (AvgIpc) is 2.07. The standard InChI is InChI=1S/C9H8ClNO/c1-7-2-3-8(6-9(7)10)12-5-4-11/h2-3,6H,5H2,1H3. The molecule has 0 radical (unpaired) electrons. The lowest BCUT2D eigenvalue weighted by atomic mass is 10.2. The van der Waals surface area contributed by atoms with E-state index in [0.29, 0.717) is 10.8 Å². The van der Waals surface area contributed by atoms with Crippen LogP contribution >= 0.6 is 11.6 Å². The van der Waals surface area contributed by atoms with Crippen LogP contribution in [0.3, 0.4) is 0 Å². The molecular weight excluding hydrogens is 174 g/mol. The lowest BCUT2D eigenvalue weighted by Gasteiger charge is -2.02. The summed E-state index contributed by atoms with van der Waals surface area (Å²) in [5.41, 5.74) is 1.00. The highest BCUT2D eigenvalue weighted by Crippen LogP contribution is 2.21. The van der Waals surface area contributed by atoms with Gasteiger partial charge in [0.25, 0.3) is 0 Å². The van der Waals surface area contributed by atoms with Crippen molar-refractivity contribution in [2.24, 2.45) is 0 Å². The summed E-state index contributed by atoms with van der Waals surface area (Å²) in [4.78, 5) is 0. The zero-order chi connectivity index (χ0) is 8.97. The van der Waals surface area contributed by atoms with Crippen LogP contribution in [0.25, 0.3) is 0 Å². The van der Waals surface area contributed by atoms with Crippen molar-refractivity contribution in [3.63, 3.8) is 0 Å². The second-order valence-electron chi connectivity index (χ2n) is 2.36. The molecule has 0 N–H and O–H groups in total. The van der Waals surface area contributed by atoms with Crippen LogP contribution < -0.4 is 4.74 Å². The summed E-state index contributed by atoms with van der Waals surface area (Å²) in [6.45, 7) is 1.97. The minimum atomic E-state index is 0.0550. The molecular formula is C9H8ClNO. The quantitative estimate of drug-likeness (QED) is 0.703. The van der Waals surface area contributed by atoms with Gasteiger partial charge in [0.05, 0.1) is 0 Å².